The van der Waals surface area contributed by atoms with Crippen molar-refractivity contribution in [3.05, 3.63) is 29.8 Å². The smallest absolute Gasteiger partial charge is 0.261 e. The Kier molecular flexibility index (Phi) is 6.73. The van der Waals surface area contributed by atoms with Gasteiger partial charge in [0.2, 0.25) is 0 Å². The van der Waals surface area contributed by atoms with Crippen LogP contribution in [0.15, 0.2) is 24.3 Å². The number of alkyl halides is 2. The maximum absolute atomic E-state index is 11.8. The third-order valence-corrected chi connectivity index (χ3v) is 2.42. The highest BCUT2D eigenvalue weighted by Crippen LogP contribution is 2.20. The van der Waals surface area contributed by atoms with Crippen LogP contribution in [0.4, 0.5) is 8.78 Å². The molecule has 1 unspecified atom stereocenters. The second-order valence-electron chi connectivity index (χ2n) is 4.51. The normalized spacial score (nSPS) is 13.0. The lowest BCUT2D eigenvalue weighted by Gasteiger charge is -2.13. The number of aliphatic hydroxyl groups excluding tert-OH is 1. The molecule has 0 radical (unpaired) electrons. The second-order valence-corrected chi connectivity index (χ2v) is 4.51. The first-order chi connectivity index (χ1) is 8.99. The van der Waals surface area contributed by atoms with Gasteiger partial charge in [0.1, 0.15) is 12.4 Å². The van der Waals surface area contributed by atoms with Crippen molar-refractivity contribution in [2.75, 3.05) is 13.2 Å². The van der Waals surface area contributed by atoms with Gasteiger partial charge in [-0.15, -0.1) is 0 Å². The van der Waals surface area contributed by atoms with Gasteiger partial charge in [-0.3, -0.25) is 0 Å². The van der Waals surface area contributed by atoms with Crippen LogP contribution >= 0.6 is 0 Å². The molecule has 0 aliphatic heterocycles. The van der Waals surface area contributed by atoms with E-state index >= 15 is 0 Å². The van der Waals surface area contributed by atoms with Gasteiger partial charge in [-0.1, -0.05) is 12.1 Å². The van der Waals surface area contributed by atoms with Gasteiger partial charge < -0.3 is 14.6 Å². The molecule has 1 rings (SSSR count). The van der Waals surface area contributed by atoms with Gasteiger partial charge in [0.15, 0.2) is 0 Å². The predicted octanol–water partition coefficient (Wildman–Crippen LogP) is 3.18. The highest BCUT2D eigenvalue weighted by atomic mass is 19.3. The van der Waals surface area contributed by atoms with E-state index in [2.05, 4.69) is 0 Å². The predicted molar refractivity (Wildman–Crippen MR) is 68.6 cm³/mol. The Morgan fingerprint density at radius 1 is 1.16 bits per heavy atom. The molecule has 0 spiro atoms. The van der Waals surface area contributed by atoms with Crippen LogP contribution in [0.2, 0.25) is 0 Å². The first-order valence-corrected chi connectivity index (χ1v) is 6.29. The van der Waals surface area contributed by atoms with Crippen molar-refractivity contribution >= 4 is 0 Å². The minimum Gasteiger partial charge on any atom is -0.491 e. The molecule has 0 saturated carbocycles. The molecule has 0 aromatic heterocycles. The summed E-state index contributed by atoms with van der Waals surface area (Å²) >= 11 is 0. The molecule has 0 aliphatic rings. The maximum Gasteiger partial charge on any atom is 0.261 e. The molecule has 19 heavy (non-hydrogen) atoms. The Morgan fingerprint density at radius 2 is 1.79 bits per heavy atom. The number of halogens is 2. The number of hydrogen-bond acceptors (Lipinski definition) is 3. The molecule has 0 bridgehead atoms. The van der Waals surface area contributed by atoms with Crippen molar-refractivity contribution in [2.45, 2.75) is 38.9 Å². The fraction of sp³-hybridized carbons (Fsp3) is 0.571. The SMILES string of the molecule is CC(C)Oc1ccc(C(O)CCOCC(F)F)cc1. The molecule has 108 valence electrons. The minimum absolute atomic E-state index is 0.0959. The highest BCUT2D eigenvalue weighted by molar-refractivity contribution is 5.28. The van der Waals surface area contributed by atoms with Gasteiger partial charge in [0.05, 0.1) is 12.2 Å². The minimum atomic E-state index is -2.47. The van der Waals surface area contributed by atoms with E-state index in [9.17, 15) is 13.9 Å². The van der Waals surface area contributed by atoms with Crippen molar-refractivity contribution in [2.24, 2.45) is 0 Å². The van der Waals surface area contributed by atoms with Gasteiger partial charge in [0.25, 0.3) is 6.43 Å². The first-order valence-electron chi connectivity index (χ1n) is 6.29. The number of ether oxygens (including phenoxy) is 2. The summed E-state index contributed by atoms with van der Waals surface area (Å²) < 4.78 is 33.9. The molecule has 1 N–H and O–H groups in total. The summed E-state index contributed by atoms with van der Waals surface area (Å²) in [4.78, 5) is 0. The third-order valence-electron chi connectivity index (χ3n) is 2.42. The van der Waals surface area contributed by atoms with Gasteiger partial charge in [0, 0.05) is 13.0 Å². The zero-order chi connectivity index (χ0) is 14.3. The Hall–Kier alpha value is -1.20. The van der Waals surface area contributed by atoms with E-state index in [1.807, 2.05) is 13.8 Å². The van der Waals surface area contributed by atoms with Crippen molar-refractivity contribution in [1.29, 1.82) is 0 Å². The fourth-order valence-corrected chi connectivity index (χ4v) is 1.57. The van der Waals surface area contributed by atoms with E-state index in [1.54, 1.807) is 24.3 Å². The molecule has 0 amide bonds. The summed E-state index contributed by atoms with van der Waals surface area (Å²) in [6.45, 7) is 3.38. The highest BCUT2D eigenvalue weighted by Gasteiger charge is 2.09. The summed E-state index contributed by atoms with van der Waals surface area (Å²) in [5.41, 5.74) is 0.719. The summed E-state index contributed by atoms with van der Waals surface area (Å²) in [7, 11) is 0. The third kappa shape index (κ3) is 6.50. The second kappa shape index (κ2) is 8.07. The van der Waals surface area contributed by atoms with E-state index < -0.39 is 19.1 Å². The van der Waals surface area contributed by atoms with Crippen LogP contribution in [0.3, 0.4) is 0 Å². The van der Waals surface area contributed by atoms with Crippen LogP contribution in [-0.4, -0.2) is 30.8 Å². The van der Waals surface area contributed by atoms with Crippen molar-refractivity contribution < 1.29 is 23.4 Å². The summed E-state index contributed by atoms with van der Waals surface area (Å²) in [5, 5.41) is 9.85. The first kappa shape index (κ1) is 15.9. The Balaban J connectivity index is 2.37. The summed E-state index contributed by atoms with van der Waals surface area (Å²) in [5.74, 6) is 0.736. The van der Waals surface area contributed by atoms with E-state index in [4.69, 9.17) is 9.47 Å². The van der Waals surface area contributed by atoms with Crippen LogP contribution in [0, 0.1) is 0 Å². The van der Waals surface area contributed by atoms with Gasteiger partial charge >= 0.3 is 0 Å². The zero-order valence-electron chi connectivity index (χ0n) is 11.2. The van der Waals surface area contributed by atoms with Gasteiger partial charge in [-0.2, -0.15) is 0 Å². The van der Waals surface area contributed by atoms with Gasteiger partial charge in [-0.25, -0.2) is 8.78 Å². The number of hydrogen-bond donors (Lipinski definition) is 1. The molecular weight excluding hydrogens is 254 g/mol. The molecule has 0 saturated heterocycles. The standard InChI is InChI=1S/C14H20F2O3/c1-10(2)19-12-5-3-11(4-6-12)13(17)7-8-18-9-14(15)16/h3-6,10,13-14,17H,7-9H2,1-2H3. The molecule has 5 heteroatoms. The average molecular weight is 274 g/mol. The van der Waals surface area contributed by atoms with Crippen LogP contribution < -0.4 is 4.74 Å². The fourth-order valence-electron chi connectivity index (χ4n) is 1.57. The molecule has 0 aliphatic carbocycles. The molecule has 1 aromatic rings. The van der Waals surface area contributed by atoms with Crippen LogP contribution in [0.25, 0.3) is 0 Å². The van der Waals surface area contributed by atoms with Crippen LogP contribution in [0.5, 0.6) is 5.75 Å². The monoisotopic (exact) mass is 274 g/mol. The average Bonchev–Trinajstić information content (AvgIpc) is 2.34. The van der Waals surface area contributed by atoms with Crippen LogP contribution in [-0.2, 0) is 4.74 Å². The van der Waals surface area contributed by atoms with Crippen molar-refractivity contribution in [3.8, 4) is 5.75 Å². The maximum atomic E-state index is 11.8. The van der Waals surface area contributed by atoms with E-state index in [0.29, 0.717) is 0 Å². The quantitative estimate of drug-likeness (QED) is 0.740. The lowest BCUT2D eigenvalue weighted by atomic mass is 10.1. The molecular formula is C14H20F2O3. The van der Waals surface area contributed by atoms with Crippen molar-refractivity contribution in [3.63, 3.8) is 0 Å². The number of benzene rings is 1. The van der Waals surface area contributed by atoms with E-state index in [-0.39, 0.29) is 19.1 Å². The lowest BCUT2D eigenvalue weighted by Crippen LogP contribution is -2.09. The Bertz CT molecular complexity index is 352. The molecule has 1 aromatic carbocycles. The van der Waals surface area contributed by atoms with E-state index in [0.717, 1.165) is 11.3 Å². The van der Waals surface area contributed by atoms with E-state index in [1.165, 1.54) is 0 Å². The largest absolute Gasteiger partial charge is 0.491 e. The lowest BCUT2D eigenvalue weighted by molar-refractivity contribution is 0.00481. The topological polar surface area (TPSA) is 38.7 Å². The van der Waals surface area contributed by atoms with Crippen molar-refractivity contribution in [1.82, 2.24) is 0 Å². The molecule has 0 heterocycles. The number of rotatable bonds is 8. The van der Waals surface area contributed by atoms with Crippen LogP contribution in [0.1, 0.15) is 31.9 Å². The zero-order valence-corrected chi connectivity index (χ0v) is 11.2. The number of aliphatic hydroxyl groups is 1. The molecule has 0 fully saturated rings. The Labute approximate surface area is 112 Å². The molecule has 1 atom stereocenters. The molecule has 3 nitrogen and oxygen atoms in total. The summed E-state index contributed by atoms with van der Waals surface area (Å²) in [6, 6.07) is 7.07. The summed E-state index contributed by atoms with van der Waals surface area (Å²) in [6.07, 6.45) is -2.80. The Morgan fingerprint density at radius 3 is 2.32 bits per heavy atom. The van der Waals surface area contributed by atoms with Gasteiger partial charge in [-0.05, 0) is 31.5 Å².